The zero-order chi connectivity index (χ0) is 14.5. The molecule has 1 atom stereocenters. The summed E-state index contributed by atoms with van der Waals surface area (Å²) < 4.78 is 11.6. The van der Waals surface area contributed by atoms with Crippen LogP contribution in [0.4, 0.5) is 0 Å². The van der Waals surface area contributed by atoms with Crippen molar-refractivity contribution in [1.29, 1.82) is 0 Å². The third-order valence-corrected chi connectivity index (χ3v) is 3.91. The van der Waals surface area contributed by atoms with Gasteiger partial charge in [0.15, 0.2) is 0 Å². The first-order chi connectivity index (χ1) is 10.4. The number of nitrogens with zero attached hydrogens (tertiary/aromatic N) is 1. The van der Waals surface area contributed by atoms with Gasteiger partial charge in [-0.3, -0.25) is 0 Å². The number of oxime groups is 1. The Morgan fingerprint density at radius 3 is 2.76 bits per heavy atom. The molecule has 1 aliphatic carbocycles. The summed E-state index contributed by atoms with van der Waals surface area (Å²) >= 11 is 0. The van der Waals surface area contributed by atoms with Crippen LogP contribution in [0.2, 0.25) is 0 Å². The standard InChI is InChI=1S/C17H23NO3/c1-2-21-18-16-4-3-11-19-17(16)12-20-15-9-7-14(8-10-15)13-5-6-13/h7-10,13,17H,2-6,11-12H2,1H3/b18-16+. The van der Waals surface area contributed by atoms with Crippen molar-refractivity contribution in [2.24, 2.45) is 5.16 Å². The van der Waals surface area contributed by atoms with E-state index < -0.39 is 0 Å². The van der Waals surface area contributed by atoms with E-state index in [0.29, 0.717) is 13.2 Å². The molecule has 1 unspecified atom stereocenters. The molecule has 0 bridgehead atoms. The van der Waals surface area contributed by atoms with Crippen molar-refractivity contribution in [2.75, 3.05) is 19.8 Å². The molecule has 21 heavy (non-hydrogen) atoms. The van der Waals surface area contributed by atoms with E-state index in [-0.39, 0.29) is 6.10 Å². The lowest BCUT2D eigenvalue weighted by Gasteiger charge is -2.24. The molecule has 1 heterocycles. The molecular formula is C17H23NO3. The summed E-state index contributed by atoms with van der Waals surface area (Å²) in [6.07, 6.45) is 4.49. The lowest BCUT2D eigenvalue weighted by atomic mass is 10.1. The zero-order valence-corrected chi connectivity index (χ0v) is 12.6. The van der Waals surface area contributed by atoms with Gasteiger partial charge in [0.05, 0.1) is 5.71 Å². The van der Waals surface area contributed by atoms with Gasteiger partial charge in [0, 0.05) is 6.61 Å². The molecule has 1 aliphatic heterocycles. The molecule has 2 aliphatic rings. The summed E-state index contributed by atoms with van der Waals surface area (Å²) in [5, 5.41) is 4.15. The molecule has 1 saturated heterocycles. The minimum absolute atomic E-state index is 0.0894. The lowest BCUT2D eigenvalue weighted by Crippen LogP contribution is -2.35. The maximum atomic E-state index is 5.85. The van der Waals surface area contributed by atoms with Crippen molar-refractivity contribution >= 4 is 5.71 Å². The highest BCUT2D eigenvalue weighted by molar-refractivity contribution is 5.89. The van der Waals surface area contributed by atoms with Gasteiger partial charge in [-0.25, -0.2) is 0 Å². The molecule has 0 aromatic heterocycles. The second kappa shape index (κ2) is 6.94. The molecule has 2 fully saturated rings. The van der Waals surface area contributed by atoms with Crippen molar-refractivity contribution in [1.82, 2.24) is 0 Å². The van der Waals surface area contributed by atoms with Crippen LogP contribution in [-0.2, 0) is 9.57 Å². The summed E-state index contributed by atoms with van der Waals surface area (Å²) in [6, 6.07) is 8.44. The van der Waals surface area contributed by atoms with E-state index in [1.807, 2.05) is 6.92 Å². The van der Waals surface area contributed by atoms with Crippen molar-refractivity contribution in [3.8, 4) is 5.75 Å². The summed E-state index contributed by atoms with van der Waals surface area (Å²) in [6.45, 7) is 3.77. The first-order valence-electron chi connectivity index (χ1n) is 7.90. The monoisotopic (exact) mass is 289 g/mol. The molecule has 1 aromatic rings. The minimum atomic E-state index is -0.0894. The summed E-state index contributed by atoms with van der Waals surface area (Å²) in [5.74, 6) is 1.68. The van der Waals surface area contributed by atoms with Crippen LogP contribution in [0.25, 0.3) is 0 Å². The third-order valence-electron chi connectivity index (χ3n) is 3.91. The van der Waals surface area contributed by atoms with Gasteiger partial charge in [0.2, 0.25) is 0 Å². The summed E-state index contributed by atoms with van der Waals surface area (Å²) in [4.78, 5) is 5.16. The fourth-order valence-corrected chi connectivity index (χ4v) is 2.56. The van der Waals surface area contributed by atoms with Crippen molar-refractivity contribution in [3.63, 3.8) is 0 Å². The molecule has 3 rings (SSSR count). The van der Waals surface area contributed by atoms with E-state index in [2.05, 4.69) is 29.4 Å². The Hall–Kier alpha value is -1.55. The number of hydrogen-bond acceptors (Lipinski definition) is 4. The lowest BCUT2D eigenvalue weighted by molar-refractivity contribution is 0.0426. The van der Waals surface area contributed by atoms with Crippen molar-refractivity contribution < 1.29 is 14.3 Å². The van der Waals surface area contributed by atoms with Crippen molar-refractivity contribution in [2.45, 2.75) is 44.6 Å². The van der Waals surface area contributed by atoms with Crippen LogP contribution in [0.3, 0.4) is 0 Å². The Balaban J connectivity index is 1.54. The number of benzene rings is 1. The van der Waals surface area contributed by atoms with Gasteiger partial charge in [-0.15, -0.1) is 0 Å². The zero-order valence-electron chi connectivity index (χ0n) is 12.6. The van der Waals surface area contributed by atoms with Gasteiger partial charge in [0.1, 0.15) is 25.1 Å². The van der Waals surface area contributed by atoms with Gasteiger partial charge in [-0.2, -0.15) is 0 Å². The van der Waals surface area contributed by atoms with Crippen molar-refractivity contribution in [3.05, 3.63) is 29.8 Å². The fraction of sp³-hybridized carbons (Fsp3) is 0.588. The molecule has 1 saturated carbocycles. The average Bonchev–Trinajstić information content (AvgIpc) is 3.37. The van der Waals surface area contributed by atoms with Gasteiger partial charge in [-0.1, -0.05) is 17.3 Å². The Kier molecular flexibility index (Phi) is 4.76. The predicted molar refractivity (Wildman–Crippen MR) is 81.9 cm³/mol. The molecule has 114 valence electrons. The second-order valence-corrected chi connectivity index (χ2v) is 5.62. The number of rotatable bonds is 6. The van der Waals surface area contributed by atoms with E-state index in [4.69, 9.17) is 14.3 Å². The first-order valence-corrected chi connectivity index (χ1v) is 7.90. The quantitative estimate of drug-likeness (QED) is 0.752. The maximum absolute atomic E-state index is 5.85. The Labute approximate surface area is 126 Å². The number of ether oxygens (including phenoxy) is 2. The molecule has 0 amide bonds. The topological polar surface area (TPSA) is 40.0 Å². The van der Waals surface area contributed by atoms with Gasteiger partial charge < -0.3 is 14.3 Å². The van der Waals surface area contributed by atoms with E-state index in [9.17, 15) is 0 Å². The van der Waals surface area contributed by atoms with E-state index in [1.54, 1.807) is 0 Å². The minimum Gasteiger partial charge on any atom is -0.490 e. The largest absolute Gasteiger partial charge is 0.490 e. The summed E-state index contributed by atoms with van der Waals surface area (Å²) in [7, 11) is 0. The molecule has 0 radical (unpaired) electrons. The molecule has 4 heteroatoms. The highest BCUT2D eigenvalue weighted by atomic mass is 16.6. The van der Waals surface area contributed by atoms with Gasteiger partial charge in [-0.05, 0) is 56.2 Å². The smallest absolute Gasteiger partial charge is 0.133 e. The summed E-state index contributed by atoms with van der Waals surface area (Å²) in [5.41, 5.74) is 2.38. The average molecular weight is 289 g/mol. The van der Waals surface area contributed by atoms with Crippen LogP contribution >= 0.6 is 0 Å². The van der Waals surface area contributed by atoms with Crippen LogP contribution < -0.4 is 4.74 Å². The molecule has 4 nitrogen and oxygen atoms in total. The normalized spacial score (nSPS) is 24.0. The fourth-order valence-electron chi connectivity index (χ4n) is 2.56. The maximum Gasteiger partial charge on any atom is 0.133 e. The molecule has 0 spiro atoms. The molecule has 0 N–H and O–H groups in total. The predicted octanol–water partition coefficient (Wildman–Crippen LogP) is 3.51. The second-order valence-electron chi connectivity index (χ2n) is 5.62. The number of hydrogen-bond donors (Lipinski definition) is 0. The van der Waals surface area contributed by atoms with Crippen LogP contribution in [0.5, 0.6) is 5.75 Å². The molecular weight excluding hydrogens is 266 g/mol. The van der Waals surface area contributed by atoms with Crippen LogP contribution in [0.15, 0.2) is 29.4 Å². The van der Waals surface area contributed by atoms with Crippen LogP contribution in [-0.4, -0.2) is 31.6 Å². The van der Waals surface area contributed by atoms with Crippen LogP contribution in [0, 0.1) is 0 Å². The van der Waals surface area contributed by atoms with Gasteiger partial charge in [0.25, 0.3) is 0 Å². The van der Waals surface area contributed by atoms with Gasteiger partial charge >= 0.3 is 0 Å². The first kappa shape index (κ1) is 14.4. The van der Waals surface area contributed by atoms with E-state index in [1.165, 1.54) is 18.4 Å². The molecule has 1 aromatic carbocycles. The van der Waals surface area contributed by atoms with Crippen LogP contribution in [0.1, 0.15) is 44.1 Å². The Bertz CT molecular complexity index is 479. The van der Waals surface area contributed by atoms with E-state index >= 15 is 0 Å². The SMILES string of the molecule is CCO/N=C1\CCCOC1COc1ccc(C2CC2)cc1. The van der Waals surface area contributed by atoms with E-state index in [0.717, 1.165) is 36.8 Å². The highest BCUT2D eigenvalue weighted by Crippen LogP contribution is 2.40. The third kappa shape index (κ3) is 3.97. The Morgan fingerprint density at radius 2 is 2.05 bits per heavy atom. The highest BCUT2D eigenvalue weighted by Gasteiger charge is 2.24. The Morgan fingerprint density at radius 1 is 1.24 bits per heavy atom.